The van der Waals surface area contributed by atoms with Gasteiger partial charge in [-0.2, -0.15) is 14.5 Å². The number of fused-ring (bicyclic) bond motifs is 1. The predicted molar refractivity (Wildman–Crippen MR) is 136 cm³/mol. The summed E-state index contributed by atoms with van der Waals surface area (Å²) in [6.45, 7) is 1.32. The van der Waals surface area contributed by atoms with Crippen molar-refractivity contribution in [3.8, 4) is 0 Å². The second kappa shape index (κ2) is 11.0. The Morgan fingerprint density at radius 1 is 1.45 bits per heavy atom. The molecule has 0 radical (unpaired) electrons. The molecule has 2 atom stereocenters. The summed E-state index contributed by atoms with van der Waals surface area (Å²) in [6, 6.07) is 0. The molecule has 1 aromatic heterocycles. The topological polar surface area (TPSA) is 229 Å². The number of guanidine groups is 1. The van der Waals surface area contributed by atoms with Crippen LogP contribution in [-0.4, -0.2) is 122 Å². The Morgan fingerprint density at radius 3 is 2.76 bits per heavy atom. The lowest BCUT2D eigenvalue weighted by molar-refractivity contribution is -0.157. The summed E-state index contributed by atoms with van der Waals surface area (Å²) in [5, 5.41) is 29.1. The SMILES string of the molecule is CN(N=CC1=C(C(=O)O)N2C(=O)C(N)(C(=O)C(=NOCF)c3nsc(N)n3)[C@@H]2SC1)C(=N)N1CCNCC1. The summed E-state index contributed by atoms with van der Waals surface area (Å²) in [4.78, 5) is 49.6. The molecule has 38 heavy (non-hydrogen) atoms. The number of nitrogens with two attached hydrogens (primary N) is 2. The standard InChI is InChI=1S/C19H24FN11O5S2/c1-29(18(22)30-4-2-24-3-5-30)25-6-9-7-37-16-19(23,15(35)31(16)11(9)14(33)34)12(32)10(27-36-8-20)13-26-17(21)38-28-13/h6,16,22,24H,2-5,7-8,23H2,1H3,(H,33,34)(H2,21,26,28)/t16-,19?/m0/s1. The Morgan fingerprint density at radius 2 is 2.16 bits per heavy atom. The number of hydrogen-bond acceptors (Lipinski definition) is 14. The van der Waals surface area contributed by atoms with Crippen LogP contribution < -0.4 is 16.8 Å². The number of alkyl halides is 1. The fourth-order valence-electron chi connectivity index (χ4n) is 4.01. The normalized spacial score (nSPS) is 23.8. The number of piperazine rings is 1. The van der Waals surface area contributed by atoms with Gasteiger partial charge in [0, 0.05) is 56.1 Å². The van der Waals surface area contributed by atoms with Crippen LogP contribution in [0.3, 0.4) is 0 Å². The summed E-state index contributed by atoms with van der Waals surface area (Å²) in [6.07, 6.45) is 1.26. The molecule has 4 heterocycles. The molecule has 16 nitrogen and oxygen atoms in total. The third kappa shape index (κ3) is 4.79. The quantitative estimate of drug-likeness (QED) is 0.0754. The van der Waals surface area contributed by atoms with Crippen LogP contribution in [0.4, 0.5) is 9.52 Å². The minimum absolute atomic E-state index is 0.0181. The fraction of sp³-hybridized carbons (Fsp3) is 0.474. The Balaban J connectivity index is 1.58. The molecule has 0 spiro atoms. The average Bonchev–Trinajstić information content (AvgIpc) is 3.36. The van der Waals surface area contributed by atoms with Crippen molar-refractivity contribution in [2.45, 2.75) is 10.9 Å². The summed E-state index contributed by atoms with van der Waals surface area (Å²) in [7, 11) is 1.55. The van der Waals surface area contributed by atoms with E-state index in [1.54, 1.807) is 7.05 Å². The minimum atomic E-state index is -2.24. The number of oxime groups is 1. The van der Waals surface area contributed by atoms with E-state index in [4.69, 9.17) is 16.9 Å². The number of carbonyl (C=O) groups is 3. The number of Topliss-reactive ketones (excluding diaryl/α,β-unsaturated/α-hetero) is 1. The molecule has 0 aliphatic carbocycles. The van der Waals surface area contributed by atoms with Crippen molar-refractivity contribution >= 4 is 64.0 Å². The lowest BCUT2D eigenvalue weighted by Gasteiger charge is -2.54. The van der Waals surface area contributed by atoms with Gasteiger partial charge in [0.2, 0.25) is 17.6 Å². The van der Waals surface area contributed by atoms with E-state index in [9.17, 15) is 23.9 Å². The highest BCUT2D eigenvalue weighted by Crippen LogP contribution is 2.45. The van der Waals surface area contributed by atoms with Crippen molar-refractivity contribution in [3.05, 3.63) is 17.1 Å². The molecular formula is C19H24FN11O5S2. The molecule has 1 aromatic rings. The number of amides is 1. The van der Waals surface area contributed by atoms with E-state index in [1.807, 2.05) is 4.90 Å². The third-order valence-corrected chi connectivity index (χ3v) is 7.82. The van der Waals surface area contributed by atoms with Gasteiger partial charge in [-0.15, -0.1) is 11.8 Å². The highest BCUT2D eigenvalue weighted by atomic mass is 32.2. The van der Waals surface area contributed by atoms with Gasteiger partial charge in [-0.3, -0.25) is 19.9 Å². The zero-order valence-electron chi connectivity index (χ0n) is 20.0. The van der Waals surface area contributed by atoms with Crippen molar-refractivity contribution in [2.75, 3.05) is 51.6 Å². The lowest BCUT2D eigenvalue weighted by atomic mass is 9.81. The van der Waals surface area contributed by atoms with Gasteiger partial charge in [0.05, 0.1) is 6.21 Å². The molecule has 7 N–H and O–H groups in total. The van der Waals surface area contributed by atoms with Crippen LogP contribution in [0.25, 0.3) is 0 Å². The smallest absolute Gasteiger partial charge is 0.353 e. The van der Waals surface area contributed by atoms with Gasteiger partial charge in [0.15, 0.2) is 16.4 Å². The number of nitrogens with one attached hydrogen (secondary N) is 2. The fourth-order valence-corrected chi connectivity index (χ4v) is 5.81. The zero-order chi connectivity index (χ0) is 27.6. The van der Waals surface area contributed by atoms with Crippen LogP contribution in [-0.2, 0) is 19.2 Å². The number of thioether (sulfide) groups is 1. The van der Waals surface area contributed by atoms with Gasteiger partial charge in [-0.05, 0) is 0 Å². The maximum absolute atomic E-state index is 13.4. The van der Waals surface area contributed by atoms with Gasteiger partial charge in [-0.25, -0.2) is 14.2 Å². The van der Waals surface area contributed by atoms with Crippen LogP contribution in [0.1, 0.15) is 5.82 Å². The first-order valence-electron chi connectivity index (χ1n) is 11.0. The number of nitrogens with zero attached hydrogens (tertiary/aromatic N) is 7. The number of rotatable bonds is 8. The van der Waals surface area contributed by atoms with E-state index in [0.717, 1.165) is 41.3 Å². The first kappa shape index (κ1) is 27.4. The number of carboxylic acid groups (broad SMARTS) is 1. The predicted octanol–water partition coefficient (Wildman–Crippen LogP) is -1.95. The summed E-state index contributed by atoms with van der Waals surface area (Å²) >= 11 is 1.77. The van der Waals surface area contributed by atoms with Crippen molar-refractivity contribution in [1.82, 2.24) is 29.5 Å². The number of carbonyl (C=O) groups excluding carboxylic acids is 2. The van der Waals surface area contributed by atoms with Gasteiger partial charge >= 0.3 is 5.97 Å². The highest BCUT2D eigenvalue weighted by Gasteiger charge is 2.67. The first-order chi connectivity index (χ1) is 18.1. The lowest BCUT2D eigenvalue weighted by Crippen LogP contribution is -2.82. The molecule has 19 heteroatoms. The maximum atomic E-state index is 13.4. The average molecular weight is 570 g/mol. The number of carboxylic acids is 1. The third-order valence-electron chi connectivity index (χ3n) is 5.90. The number of ketones is 1. The van der Waals surface area contributed by atoms with Crippen molar-refractivity contribution < 1.29 is 28.7 Å². The second-order valence-corrected chi connectivity index (χ2v) is 10.0. The Bertz CT molecular complexity index is 1250. The number of anilines is 1. The number of halogens is 1. The molecule has 4 rings (SSSR count). The Kier molecular flexibility index (Phi) is 7.90. The van der Waals surface area contributed by atoms with Crippen LogP contribution in [0.15, 0.2) is 21.5 Å². The number of aromatic nitrogens is 2. The van der Waals surface area contributed by atoms with Crippen molar-refractivity contribution in [1.29, 1.82) is 5.41 Å². The number of hydrazone groups is 1. The van der Waals surface area contributed by atoms with Crippen molar-refractivity contribution in [3.63, 3.8) is 0 Å². The van der Waals surface area contributed by atoms with Gasteiger partial charge in [-0.1, -0.05) is 5.16 Å². The van der Waals surface area contributed by atoms with Gasteiger partial charge in [0.25, 0.3) is 12.8 Å². The second-order valence-electron chi connectivity index (χ2n) is 8.18. The van der Waals surface area contributed by atoms with Gasteiger partial charge < -0.3 is 31.6 Å². The molecule has 3 aliphatic heterocycles. The van der Waals surface area contributed by atoms with Crippen molar-refractivity contribution in [2.24, 2.45) is 16.0 Å². The Hall–Kier alpha value is -3.68. The molecule has 0 bridgehead atoms. The Labute approximate surface area is 223 Å². The summed E-state index contributed by atoms with van der Waals surface area (Å²) < 4.78 is 16.5. The number of nitrogen functional groups attached to an aromatic ring is 1. The van der Waals surface area contributed by atoms with E-state index in [1.165, 1.54) is 11.2 Å². The highest BCUT2D eigenvalue weighted by molar-refractivity contribution is 8.00. The van der Waals surface area contributed by atoms with E-state index < -0.39 is 46.8 Å². The van der Waals surface area contributed by atoms with Gasteiger partial charge in [0.1, 0.15) is 11.1 Å². The molecular weight excluding hydrogens is 545 g/mol. The van der Waals surface area contributed by atoms with Crippen LogP contribution >= 0.6 is 23.3 Å². The monoisotopic (exact) mass is 569 g/mol. The molecule has 1 unspecified atom stereocenters. The van der Waals surface area contributed by atoms with E-state index >= 15 is 0 Å². The van der Waals surface area contributed by atoms with E-state index in [-0.39, 0.29) is 28.2 Å². The summed E-state index contributed by atoms with van der Waals surface area (Å²) in [5.74, 6) is -3.65. The molecule has 2 saturated heterocycles. The molecule has 3 aliphatic rings. The zero-order valence-corrected chi connectivity index (χ0v) is 21.6. The molecule has 1 amide bonds. The van der Waals surface area contributed by atoms with E-state index in [0.29, 0.717) is 13.1 Å². The first-order valence-corrected chi connectivity index (χ1v) is 12.9. The molecule has 204 valence electrons. The molecule has 0 saturated carbocycles. The molecule has 0 aromatic carbocycles. The molecule has 2 fully saturated rings. The number of aliphatic carboxylic acids is 1. The number of hydrogen-bond donors (Lipinski definition) is 5. The van der Waals surface area contributed by atoms with Crippen LogP contribution in [0, 0.1) is 5.41 Å². The number of β-lactam (4-membered cyclic amide) rings is 1. The largest absolute Gasteiger partial charge is 0.477 e. The van der Waals surface area contributed by atoms with E-state index in [2.05, 4.69) is 29.8 Å². The van der Waals surface area contributed by atoms with Crippen LogP contribution in [0.5, 0.6) is 0 Å². The maximum Gasteiger partial charge on any atom is 0.353 e. The van der Waals surface area contributed by atoms with Crippen LogP contribution in [0.2, 0.25) is 0 Å². The minimum Gasteiger partial charge on any atom is -0.477 e. The summed E-state index contributed by atoms with van der Waals surface area (Å²) in [5.41, 5.74) is 8.73.